The molecule has 8 nitrogen and oxygen atoms in total. The molecule has 28 heavy (non-hydrogen) atoms. The number of rotatable bonds is 2. The van der Waals surface area contributed by atoms with Crippen LogP contribution in [0.15, 0.2) is 36.9 Å². The average molecular weight is 380 g/mol. The third-order valence-corrected chi connectivity index (χ3v) is 5.32. The topological polar surface area (TPSA) is 88.6 Å². The van der Waals surface area contributed by atoms with Crippen molar-refractivity contribution >= 4 is 17.3 Å². The molecule has 0 radical (unpaired) electrons. The molecule has 1 amide bonds. The van der Waals surface area contributed by atoms with Gasteiger partial charge >= 0.3 is 6.09 Å². The number of carboxylic acid groups (broad SMARTS) is 1. The first-order chi connectivity index (χ1) is 13.2. The van der Waals surface area contributed by atoms with Crippen molar-refractivity contribution in [3.05, 3.63) is 42.5 Å². The number of hydrogen-bond acceptors (Lipinski definition) is 4. The zero-order valence-corrected chi connectivity index (χ0v) is 16.5. The molecule has 1 aliphatic heterocycles. The maximum Gasteiger partial charge on any atom is 0.407 e. The second kappa shape index (κ2) is 6.47. The van der Waals surface area contributed by atoms with Crippen LogP contribution in [-0.4, -0.2) is 53.1 Å². The van der Waals surface area contributed by atoms with Crippen molar-refractivity contribution in [1.29, 1.82) is 0 Å². The van der Waals surface area contributed by atoms with Gasteiger partial charge in [-0.1, -0.05) is 26.8 Å². The molecular formula is C20H24N6O2. The summed E-state index contributed by atoms with van der Waals surface area (Å²) < 4.78 is 3.52. The van der Waals surface area contributed by atoms with E-state index in [0.717, 1.165) is 28.0 Å². The summed E-state index contributed by atoms with van der Waals surface area (Å²) in [5.74, 6) is 0. The van der Waals surface area contributed by atoms with Crippen LogP contribution in [0.2, 0.25) is 0 Å². The van der Waals surface area contributed by atoms with Crippen LogP contribution in [0.4, 0.5) is 4.79 Å². The van der Waals surface area contributed by atoms with Crippen molar-refractivity contribution in [3.8, 4) is 11.3 Å². The number of pyridine rings is 1. The second-order valence-corrected chi connectivity index (χ2v) is 8.29. The molecule has 0 aliphatic carbocycles. The van der Waals surface area contributed by atoms with Gasteiger partial charge in [-0.15, -0.1) is 0 Å². The number of amides is 1. The van der Waals surface area contributed by atoms with E-state index >= 15 is 0 Å². The van der Waals surface area contributed by atoms with Gasteiger partial charge in [-0.25, -0.2) is 14.3 Å². The summed E-state index contributed by atoms with van der Waals surface area (Å²) in [7, 11) is 1.89. The summed E-state index contributed by atoms with van der Waals surface area (Å²) in [5, 5.41) is 18.5. The Morgan fingerprint density at radius 3 is 2.71 bits per heavy atom. The van der Waals surface area contributed by atoms with Crippen molar-refractivity contribution in [1.82, 2.24) is 29.3 Å². The van der Waals surface area contributed by atoms with Crippen LogP contribution >= 0.6 is 0 Å². The van der Waals surface area contributed by atoms with E-state index in [0.29, 0.717) is 13.0 Å². The lowest BCUT2D eigenvalue weighted by Gasteiger charge is -2.41. The van der Waals surface area contributed by atoms with Gasteiger partial charge in [0, 0.05) is 43.2 Å². The molecule has 0 saturated carbocycles. The van der Waals surface area contributed by atoms with Gasteiger partial charge in [-0.05, 0) is 29.5 Å². The molecule has 8 heteroatoms. The lowest BCUT2D eigenvalue weighted by Crippen LogP contribution is -2.48. The SMILES string of the molecule is Cn1ccc(-c2cc3ncnn3cc2C2=CCN(C(=O)O)C(C(C)(C)C)C2)n1. The first-order valence-electron chi connectivity index (χ1n) is 9.26. The standard InChI is InChI=1S/C20H24N6O2/c1-20(2,3)17-9-13(5-8-25(17)19(27)28)15-11-26-18(21-12-22-26)10-14(15)16-6-7-24(4)23-16/h5-7,10-12,17H,8-9H2,1-4H3,(H,27,28). The van der Waals surface area contributed by atoms with Crippen molar-refractivity contribution < 1.29 is 9.90 Å². The monoisotopic (exact) mass is 380 g/mol. The van der Waals surface area contributed by atoms with E-state index in [1.807, 2.05) is 37.7 Å². The Morgan fingerprint density at radius 1 is 1.29 bits per heavy atom. The lowest BCUT2D eigenvalue weighted by atomic mass is 9.78. The van der Waals surface area contributed by atoms with Gasteiger partial charge in [0.05, 0.1) is 5.69 Å². The van der Waals surface area contributed by atoms with Crippen molar-refractivity contribution in [2.75, 3.05) is 6.54 Å². The fraction of sp³-hybridized carbons (Fsp3) is 0.400. The Bertz CT molecular complexity index is 1070. The number of fused-ring (bicyclic) bond motifs is 1. The smallest absolute Gasteiger partial charge is 0.407 e. The highest BCUT2D eigenvalue weighted by Crippen LogP contribution is 2.38. The highest BCUT2D eigenvalue weighted by Gasteiger charge is 2.36. The quantitative estimate of drug-likeness (QED) is 0.737. The molecule has 0 spiro atoms. The molecule has 4 rings (SSSR count). The summed E-state index contributed by atoms with van der Waals surface area (Å²) >= 11 is 0. The van der Waals surface area contributed by atoms with Crippen molar-refractivity contribution in [2.45, 2.75) is 33.2 Å². The molecule has 1 atom stereocenters. The van der Waals surface area contributed by atoms with E-state index in [4.69, 9.17) is 0 Å². The van der Waals surface area contributed by atoms with Crippen LogP contribution in [0, 0.1) is 5.41 Å². The van der Waals surface area contributed by atoms with Crippen molar-refractivity contribution in [2.24, 2.45) is 12.5 Å². The van der Waals surface area contributed by atoms with E-state index in [9.17, 15) is 9.90 Å². The van der Waals surface area contributed by atoms with Crippen LogP contribution in [0.1, 0.15) is 32.8 Å². The Kier molecular flexibility index (Phi) is 4.21. The normalized spacial score (nSPS) is 17.8. The van der Waals surface area contributed by atoms with E-state index < -0.39 is 6.09 Å². The fourth-order valence-electron chi connectivity index (χ4n) is 3.83. The lowest BCUT2D eigenvalue weighted by molar-refractivity contribution is 0.0884. The Labute approximate surface area is 163 Å². The van der Waals surface area contributed by atoms with Gasteiger partial charge in [0.25, 0.3) is 0 Å². The summed E-state index contributed by atoms with van der Waals surface area (Å²) in [6.07, 6.45) is 7.16. The van der Waals surface area contributed by atoms with Crippen LogP contribution in [-0.2, 0) is 7.05 Å². The van der Waals surface area contributed by atoms with Gasteiger partial charge in [-0.2, -0.15) is 10.2 Å². The molecule has 0 aromatic carbocycles. The molecule has 1 aliphatic rings. The molecule has 0 fully saturated rings. The minimum Gasteiger partial charge on any atom is -0.465 e. The molecule has 3 aromatic rings. The first-order valence-corrected chi connectivity index (χ1v) is 9.26. The van der Waals surface area contributed by atoms with Gasteiger partial charge in [0.2, 0.25) is 0 Å². The summed E-state index contributed by atoms with van der Waals surface area (Å²) in [6.45, 7) is 6.61. The molecule has 1 unspecified atom stereocenters. The van der Waals surface area contributed by atoms with Crippen LogP contribution in [0.5, 0.6) is 0 Å². The first kappa shape index (κ1) is 18.2. The fourth-order valence-corrected chi connectivity index (χ4v) is 3.83. The molecule has 3 aromatic heterocycles. The predicted octanol–water partition coefficient (Wildman–Crippen LogP) is 3.31. The van der Waals surface area contributed by atoms with Gasteiger partial charge in [-0.3, -0.25) is 4.68 Å². The van der Waals surface area contributed by atoms with Crippen LogP contribution < -0.4 is 0 Å². The highest BCUT2D eigenvalue weighted by atomic mass is 16.4. The van der Waals surface area contributed by atoms with E-state index in [2.05, 4.69) is 36.0 Å². The molecule has 0 saturated heterocycles. The third kappa shape index (κ3) is 3.15. The Hall–Kier alpha value is -3.16. The maximum atomic E-state index is 11.7. The Morgan fingerprint density at radius 2 is 2.07 bits per heavy atom. The predicted molar refractivity (Wildman–Crippen MR) is 106 cm³/mol. The van der Waals surface area contributed by atoms with Gasteiger partial charge in [0.1, 0.15) is 6.33 Å². The number of hydrogen-bond donors (Lipinski definition) is 1. The minimum atomic E-state index is -0.882. The highest BCUT2D eigenvalue weighted by molar-refractivity contribution is 5.83. The van der Waals surface area contributed by atoms with Gasteiger partial charge < -0.3 is 10.0 Å². The summed E-state index contributed by atoms with van der Waals surface area (Å²) in [4.78, 5) is 17.6. The molecule has 146 valence electrons. The summed E-state index contributed by atoms with van der Waals surface area (Å²) in [5.41, 5.74) is 4.52. The van der Waals surface area contributed by atoms with E-state index in [1.165, 1.54) is 11.2 Å². The van der Waals surface area contributed by atoms with Gasteiger partial charge in [0.15, 0.2) is 5.65 Å². The van der Waals surface area contributed by atoms with E-state index in [1.54, 1.807) is 9.20 Å². The van der Waals surface area contributed by atoms with Crippen LogP contribution in [0.3, 0.4) is 0 Å². The van der Waals surface area contributed by atoms with E-state index in [-0.39, 0.29) is 11.5 Å². The van der Waals surface area contributed by atoms with Crippen LogP contribution in [0.25, 0.3) is 22.5 Å². The minimum absolute atomic E-state index is 0.118. The largest absolute Gasteiger partial charge is 0.465 e. The average Bonchev–Trinajstić information content (AvgIpc) is 3.27. The third-order valence-electron chi connectivity index (χ3n) is 5.32. The molecule has 4 heterocycles. The number of nitrogens with zero attached hydrogens (tertiary/aromatic N) is 6. The number of aromatic nitrogens is 5. The number of carbonyl (C=O) groups is 1. The number of aryl methyl sites for hydroxylation is 1. The molecular weight excluding hydrogens is 356 g/mol. The summed E-state index contributed by atoms with van der Waals surface area (Å²) in [6, 6.07) is 3.84. The Balaban J connectivity index is 1.85. The second-order valence-electron chi connectivity index (χ2n) is 8.29. The molecule has 0 bridgehead atoms. The zero-order valence-electron chi connectivity index (χ0n) is 16.5. The zero-order chi connectivity index (χ0) is 20.1. The maximum absolute atomic E-state index is 11.7. The molecule has 1 N–H and O–H groups in total. The van der Waals surface area contributed by atoms with Crippen molar-refractivity contribution in [3.63, 3.8) is 0 Å².